The maximum atomic E-state index is 12.3. The van der Waals surface area contributed by atoms with Crippen molar-refractivity contribution in [1.29, 1.82) is 0 Å². The van der Waals surface area contributed by atoms with Gasteiger partial charge in [-0.15, -0.1) is 0 Å². The van der Waals surface area contributed by atoms with Crippen LogP contribution in [0, 0.1) is 0 Å². The number of urea groups is 1. The van der Waals surface area contributed by atoms with Crippen LogP contribution in [0.1, 0.15) is 0 Å². The number of hydrogen-bond acceptors (Lipinski definition) is 1. The van der Waals surface area contributed by atoms with Crippen molar-refractivity contribution in [1.82, 2.24) is 4.98 Å². The van der Waals surface area contributed by atoms with E-state index in [1.165, 1.54) is 0 Å². The van der Waals surface area contributed by atoms with E-state index in [1.54, 1.807) is 12.1 Å². The summed E-state index contributed by atoms with van der Waals surface area (Å²) in [5, 5.41) is 7.78. The smallest absolute Gasteiger partial charge is 0.323 e. The van der Waals surface area contributed by atoms with Crippen LogP contribution in [0.3, 0.4) is 0 Å². The monoisotopic (exact) mass is 395 g/mol. The molecule has 0 radical (unpaired) electrons. The number of carbonyl (C=O) groups is 1. The summed E-state index contributed by atoms with van der Waals surface area (Å²) in [4.78, 5) is 15.6. The van der Waals surface area contributed by atoms with Gasteiger partial charge < -0.3 is 15.6 Å². The number of anilines is 2. The van der Waals surface area contributed by atoms with Crippen LogP contribution >= 0.6 is 23.2 Å². The highest BCUT2D eigenvalue weighted by molar-refractivity contribution is 6.33. The van der Waals surface area contributed by atoms with Gasteiger partial charge in [0.2, 0.25) is 0 Å². The van der Waals surface area contributed by atoms with Gasteiger partial charge in [-0.2, -0.15) is 0 Å². The summed E-state index contributed by atoms with van der Waals surface area (Å²) in [7, 11) is 0. The van der Waals surface area contributed by atoms with Crippen molar-refractivity contribution < 1.29 is 4.79 Å². The number of fused-ring (bicyclic) bond motifs is 1. The number of benzene rings is 3. The molecule has 0 aliphatic rings. The van der Waals surface area contributed by atoms with E-state index >= 15 is 0 Å². The molecular weight excluding hydrogens is 381 g/mol. The molecule has 0 aliphatic carbocycles. The van der Waals surface area contributed by atoms with Crippen molar-refractivity contribution in [2.45, 2.75) is 0 Å². The Morgan fingerprint density at radius 1 is 0.852 bits per heavy atom. The molecule has 0 spiro atoms. The van der Waals surface area contributed by atoms with Crippen LogP contribution in [0.15, 0.2) is 72.8 Å². The highest BCUT2D eigenvalue weighted by atomic mass is 35.5. The zero-order chi connectivity index (χ0) is 18.8. The Morgan fingerprint density at radius 3 is 2.56 bits per heavy atom. The molecule has 6 heteroatoms. The molecule has 0 fully saturated rings. The van der Waals surface area contributed by atoms with E-state index in [9.17, 15) is 4.79 Å². The van der Waals surface area contributed by atoms with Crippen molar-refractivity contribution >= 4 is 51.5 Å². The van der Waals surface area contributed by atoms with Gasteiger partial charge in [-0.3, -0.25) is 0 Å². The number of amides is 2. The number of H-pyrrole nitrogens is 1. The van der Waals surface area contributed by atoms with E-state index in [1.807, 2.05) is 60.7 Å². The van der Waals surface area contributed by atoms with Crippen molar-refractivity contribution in [3.05, 3.63) is 82.8 Å². The standard InChI is InChI=1S/C21H15Cl2N3O/c22-15-8-9-18-14(10-15)12-20(25-18)13-4-3-5-16(11-13)24-21(27)26-19-7-2-1-6-17(19)23/h1-12,25H,(H2,24,26,27). The number of carbonyl (C=O) groups excluding carboxylic acids is 1. The minimum Gasteiger partial charge on any atom is -0.355 e. The van der Waals surface area contributed by atoms with Crippen molar-refractivity contribution in [3.8, 4) is 11.3 Å². The molecule has 134 valence electrons. The van der Waals surface area contributed by atoms with E-state index in [0.29, 0.717) is 21.4 Å². The number of rotatable bonds is 3. The minimum absolute atomic E-state index is 0.358. The molecular formula is C21H15Cl2N3O. The zero-order valence-electron chi connectivity index (χ0n) is 14.1. The van der Waals surface area contributed by atoms with Crippen LogP contribution in [0.5, 0.6) is 0 Å². The van der Waals surface area contributed by atoms with E-state index < -0.39 is 0 Å². The molecule has 4 rings (SSSR count). The van der Waals surface area contributed by atoms with Crippen LogP contribution in [-0.4, -0.2) is 11.0 Å². The molecule has 4 nitrogen and oxygen atoms in total. The van der Waals surface area contributed by atoms with Gasteiger partial charge in [-0.1, -0.05) is 47.5 Å². The normalized spacial score (nSPS) is 10.7. The Labute approximate surface area is 166 Å². The Bertz CT molecular complexity index is 1140. The fourth-order valence-electron chi connectivity index (χ4n) is 2.87. The predicted octanol–water partition coefficient (Wildman–Crippen LogP) is 6.79. The molecule has 1 heterocycles. The Balaban J connectivity index is 1.55. The summed E-state index contributed by atoms with van der Waals surface area (Å²) in [6.07, 6.45) is 0. The highest BCUT2D eigenvalue weighted by Gasteiger charge is 2.08. The molecule has 2 amide bonds. The Morgan fingerprint density at radius 2 is 1.70 bits per heavy atom. The molecule has 3 aromatic carbocycles. The highest BCUT2D eigenvalue weighted by Crippen LogP contribution is 2.28. The largest absolute Gasteiger partial charge is 0.355 e. The third-order valence-electron chi connectivity index (χ3n) is 4.14. The van der Waals surface area contributed by atoms with Crippen LogP contribution in [0.25, 0.3) is 22.2 Å². The predicted molar refractivity (Wildman–Crippen MR) is 113 cm³/mol. The summed E-state index contributed by atoms with van der Waals surface area (Å²) in [6, 6.07) is 22.1. The minimum atomic E-state index is -0.358. The number of aromatic nitrogens is 1. The summed E-state index contributed by atoms with van der Waals surface area (Å²) in [5.74, 6) is 0. The van der Waals surface area contributed by atoms with E-state index in [4.69, 9.17) is 23.2 Å². The lowest BCUT2D eigenvalue weighted by Gasteiger charge is -2.09. The van der Waals surface area contributed by atoms with Gasteiger partial charge in [-0.25, -0.2) is 4.79 Å². The first-order chi connectivity index (χ1) is 13.1. The van der Waals surface area contributed by atoms with Gasteiger partial charge in [0.25, 0.3) is 0 Å². The molecule has 3 N–H and O–H groups in total. The van der Waals surface area contributed by atoms with Crippen molar-refractivity contribution in [2.75, 3.05) is 10.6 Å². The molecule has 0 unspecified atom stereocenters. The fourth-order valence-corrected chi connectivity index (χ4v) is 3.23. The Hall–Kier alpha value is -2.95. The number of aromatic amines is 1. The maximum absolute atomic E-state index is 12.3. The van der Waals surface area contributed by atoms with Crippen LogP contribution in [0.2, 0.25) is 10.0 Å². The van der Waals surface area contributed by atoms with Gasteiger partial charge >= 0.3 is 6.03 Å². The quantitative estimate of drug-likeness (QED) is 0.351. The average Bonchev–Trinajstić information content (AvgIpc) is 3.07. The lowest BCUT2D eigenvalue weighted by Crippen LogP contribution is -2.19. The van der Waals surface area contributed by atoms with Gasteiger partial charge in [0.1, 0.15) is 0 Å². The van der Waals surface area contributed by atoms with Gasteiger partial charge in [0.15, 0.2) is 0 Å². The second-order valence-corrected chi connectivity index (χ2v) is 6.90. The summed E-state index contributed by atoms with van der Waals surface area (Å²) in [6.45, 7) is 0. The second kappa shape index (κ2) is 7.35. The van der Waals surface area contributed by atoms with E-state index in [0.717, 1.165) is 22.2 Å². The molecule has 0 bridgehead atoms. The van der Waals surface area contributed by atoms with Gasteiger partial charge in [0.05, 0.1) is 10.7 Å². The lowest BCUT2D eigenvalue weighted by atomic mass is 10.1. The molecule has 0 atom stereocenters. The number of hydrogen-bond donors (Lipinski definition) is 3. The maximum Gasteiger partial charge on any atom is 0.323 e. The number of halogens is 2. The molecule has 0 saturated carbocycles. The number of nitrogens with one attached hydrogen (secondary N) is 3. The molecule has 27 heavy (non-hydrogen) atoms. The first-order valence-corrected chi connectivity index (χ1v) is 9.05. The topological polar surface area (TPSA) is 56.9 Å². The van der Waals surface area contributed by atoms with Gasteiger partial charge in [-0.05, 0) is 48.5 Å². The van der Waals surface area contributed by atoms with Gasteiger partial charge in [0, 0.05) is 32.9 Å². The summed E-state index contributed by atoms with van der Waals surface area (Å²) < 4.78 is 0. The lowest BCUT2D eigenvalue weighted by molar-refractivity contribution is 0.262. The zero-order valence-corrected chi connectivity index (χ0v) is 15.6. The molecule has 4 aromatic rings. The SMILES string of the molecule is O=C(Nc1cccc(-c2cc3cc(Cl)ccc3[nH]2)c1)Nc1ccccc1Cl. The third kappa shape index (κ3) is 3.92. The average molecular weight is 396 g/mol. The second-order valence-electron chi connectivity index (χ2n) is 6.05. The summed E-state index contributed by atoms with van der Waals surface area (Å²) >= 11 is 12.1. The van der Waals surface area contributed by atoms with E-state index in [2.05, 4.69) is 15.6 Å². The van der Waals surface area contributed by atoms with Crippen LogP contribution in [-0.2, 0) is 0 Å². The molecule has 1 aromatic heterocycles. The fraction of sp³-hybridized carbons (Fsp3) is 0. The van der Waals surface area contributed by atoms with Crippen molar-refractivity contribution in [3.63, 3.8) is 0 Å². The van der Waals surface area contributed by atoms with Crippen LogP contribution in [0.4, 0.5) is 16.2 Å². The first kappa shape index (κ1) is 17.5. The first-order valence-electron chi connectivity index (χ1n) is 8.30. The van der Waals surface area contributed by atoms with Crippen molar-refractivity contribution in [2.24, 2.45) is 0 Å². The summed E-state index contributed by atoms with van der Waals surface area (Å²) in [5.41, 5.74) is 4.14. The Kier molecular flexibility index (Phi) is 4.75. The third-order valence-corrected chi connectivity index (χ3v) is 4.70. The molecule has 0 aliphatic heterocycles. The molecule has 0 saturated heterocycles. The number of para-hydroxylation sites is 1. The van der Waals surface area contributed by atoms with Crippen LogP contribution < -0.4 is 10.6 Å². The van der Waals surface area contributed by atoms with E-state index in [-0.39, 0.29) is 6.03 Å².